The predicted octanol–water partition coefficient (Wildman–Crippen LogP) is 0.392. The summed E-state index contributed by atoms with van der Waals surface area (Å²) in [7, 11) is 0. The van der Waals surface area contributed by atoms with Crippen LogP contribution >= 0.6 is 0 Å². The number of hydrogen-bond acceptors (Lipinski definition) is 2. The summed E-state index contributed by atoms with van der Waals surface area (Å²) >= 11 is 0. The third-order valence-corrected chi connectivity index (χ3v) is 2.82. The van der Waals surface area contributed by atoms with E-state index in [4.69, 9.17) is 0 Å². The van der Waals surface area contributed by atoms with Gasteiger partial charge in [-0.1, -0.05) is 0 Å². The monoisotopic (exact) mass is 182 g/mol. The lowest BCUT2D eigenvalue weighted by molar-refractivity contribution is -0.150. The average molecular weight is 182 g/mol. The molecule has 2 fully saturated rings. The van der Waals surface area contributed by atoms with E-state index in [9.17, 15) is 9.59 Å². The number of amides is 2. The topological polar surface area (TPSA) is 40.6 Å². The molecule has 0 spiro atoms. The lowest BCUT2D eigenvalue weighted by Crippen LogP contribution is -2.45. The first-order chi connectivity index (χ1) is 6.05. The highest BCUT2D eigenvalue weighted by Crippen LogP contribution is 2.33. The molecule has 2 rings (SSSR count). The SMILES string of the molecule is CC1(C)C(=O)N2CCCCN2C1=O. The van der Waals surface area contributed by atoms with Crippen LogP contribution in [0.3, 0.4) is 0 Å². The molecule has 2 saturated heterocycles. The Morgan fingerprint density at radius 1 is 1.00 bits per heavy atom. The third-order valence-electron chi connectivity index (χ3n) is 2.82. The molecule has 72 valence electrons. The number of nitrogens with zero attached hydrogens (tertiary/aromatic N) is 2. The molecule has 0 unspecified atom stereocenters. The highest BCUT2D eigenvalue weighted by molar-refractivity contribution is 6.08. The second-order valence-electron chi connectivity index (χ2n) is 4.19. The normalized spacial score (nSPS) is 26.6. The van der Waals surface area contributed by atoms with Gasteiger partial charge in [-0.2, -0.15) is 0 Å². The average Bonchev–Trinajstić information content (AvgIpc) is 2.30. The van der Waals surface area contributed by atoms with Crippen molar-refractivity contribution in [3.8, 4) is 0 Å². The first-order valence-electron chi connectivity index (χ1n) is 4.69. The van der Waals surface area contributed by atoms with Crippen molar-refractivity contribution in [3.63, 3.8) is 0 Å². The molecule has 0 atom stereocenters. The largest absolute Gasteiger partial charge is 0.272 e. The number of carbonyl (C=O) groups excluding carboxylic acids is 2. The van der Waals surface area contributed by atoms with Crippen molar-refractivity contribution in [2.24, 2.45) is 5.41 Å². The Labute approximate surface area is 77.5 Å². The minimum Gasteiger partial charge on any atom is -0.272 e. The molecule has 0 radical (unpaired) electrons. The Morgan fingerprint density at radius 3 is 1.77 bits per heavy atom. The fourth-order valence-corrected chi connectivity index (χ4v) is 1.92. The van der Waals surface area contributed by atoms with E-state index in [1.54, 1.807) is 23.9 Å². The fourth-order valence-electron chi connectivity index (χ4n) is 1.92. The van der Waals surface area contributed by atoms with Crippen molar-refractivity contribution in [1.29, 1.82) is 0 Å². The molecular weight excluding hydrogens is 168 g/mol. The van der Waals surface area contributed by atoms with E-state index in [0.29, 0.717) is 13.1 Å². The zero-order valence-corrected chi connectivity index (χ0v) is 8.04. The number of hydrogen-bond donors (Lipinski definition) is 0. The summed E-state index contributed by atoms with van der Waals surface area (Å²) in [6.07, 6.45) is 2.01. The van der Waals surface area contributed by atoms with E-state index < -0.39 is 5.41 Å². The van der Waals surface area contributed by atoms with Crippen LogP contribution in [0, 0.1) is 5.41 Å². The standard InChI is InChI=1S/C9H14N2O2/c1-9(2)7(12)10-5-3-4-6-11(10)8(9)13/h3-6H2,1-2H3. The zero-order valence-electron chi connectivity index (χ0n) is 8.04. The number of carbonyl (C=O) groups is 2. The summed E-state index contributed by atoms with van der Waals surface area (Å²) in [4.78, 5) is 23.5. The van der Waals surface area contributed by atoms with Gasteiger partial charge < -0.3 is 0 Å². The highest BCUT2D eigenvalue weighted by Gasteiger charge is 2.52. The molecule has 13 heavy (non-hydrogen) atoms. The number of hydrazine groups is 1. The number of rotatable bonds is 0. The van der Waals surface area contributed by atoms with Crippen LogP contribution in [-0.2, 0) is 9.59 Å². The molecule has 0 aromatic carbocycles. The molecule has 0 aliphatic carbocycles. The molecule has 4 nitrogen and oxygen atoms in total. The van der Waals surface area contributed by atoms with Gasteiger partial charge in [0.25, 0.3) is 11.8 Å². The van der Waals surface area contributed by atoms with E-state index >= 15 is 0 Å². The van der Waals surface area contributed by atoms with Crippen molar-refractivity contribution >= 4 is 11.8 Å². The van der Waals surface area contributed by atoms with Gasteiger partial charge in [-0.05, 0) is 26.7 Å². The number of fused-ring (bicyclic) bond motifs is 1. The predicted molar refractivity (Wildman–Crippen MR) is 46.4 cm³/mol. The van der Waals surface area contributed by atoms with Gasteiger partial charge in [0, 0.05) is 13.1 Å². The Hall–Kier alpha value is -1.06. The summed E-state index contributed by atoms with van der Waals surface area (Å²) in [5.41, 5.74) is -0.829. The van der Waals surface area contributed by atoms with Gasteiger partial charge in [0.05, 0.1) is 0 Å². The molecule has 2 amide bonds. The quantitative estimate of drug-likeness (QED) is 0.508. The molecule has 2 aliphatic heterocycles. The van der Waals surface area contributed by atoms with Crippen LogP contribution in [-0.4, -0.2) is 34.9 Å². The molecule has 2 aliphatic rings. The lowest BCUT2D eigenvalue weighted by Gasteiger charge is -2.31. The van der Waals surface area contributed by atoms with Crippen molar-refractivity contribution in [1.82, 2.24) is 10.0 Å². The summed E-state index contributed by atoms with van der Waals surface area (Å²) in [6, 6.07) is 0. The van der Waals surface area contributed by atoms with Crippen LogP contribution in [0.2, 0.25) is 0 Å². The summed E-state index contributed by atoms with van der Waals surface area (Å²) in [5, 5.41) is 3.21. The van der Waals surface area contributed by atoms with E-state index in [2.05, 4.69) is 0 Å². The highest BCUT2D eigenvalue weighted by atomic mass is 16.2. The van der Waals surface area contributed by atoms with Crippen LogP contribution in [0.25, 0.3) is 0 Å². The van der Waals surface area contributed by atoms with Gasteiger partial charge in [0.1, 0.15) is 5.41 Å². The Kier molecular flexibility index (Phi) is 1.62. The molecule has 0 bridgehead atoms. The van der Waals surface area contributed by atoms with Gasteiger partial charge in [0.15, 0.2) is 0 Å². The summed E-state index contributed by atoms with van der Waals surface area (Å²) in [5.74, 6) is -0.0885. The molecule has 0 saturated carbocycles. The molecule has 0 N–H and O–H groups in total. The van der Waals surface area contributed by atoms with Gasteiger partial charge in [-0.3, -0.25) is 19.6 Å². The van der Waals surface area contributed by atoms with Crippen LogP contribution in [0.15, 0.2) is 0 Å². The Bertz CT molecular complexity index is 247. The maximum atomic E-state index is 11.7. The first-order valence-corrected chi connectivity index (χ1v) is 4.69. The van der Waals surface area contributed by atoms with Crippen LogP contribution in [0.1, 0.15) is 26.7 Å². The fraction of sp³-hybridized carbons (Fsp3) is 0.778. The van der Waals surface area contributed by atoms with Crippen LogP contribution in [0.5, 0.6) is 0 Å². The molecule has 0 aromatic rings. The van der Waals surface area contributed by atoms with Crippen molar-refractivity contribution < 1.29 is 9.59 Å². The smallest absolute Gasteiger partial charge is 0.256 e. The zero-order chi connectivity index (χ0) is 9.64. The Balaban J connectivity index is 2.33. The Morgan fingerprint density at radius 2 is 1.38 bits per heavy atom. The maximum Gasteiger partial charge on any atom is 0.256 e. The van der Waals surface area contributed by atoms with Crippen molar-refractivity contribution in [3.05, 3.63) is 0 Å². The molecule has 2 heterocycles. The van der Waals surface area contributed by atoms with Gasteiger partial charge in [-0.15, -0.1) is 0 Å². The maximum absolute atomic E-state index is 11.7. The van der Waals surface area contributed by atoms with E-state index in [1.165, 1.54) is 0 Å². The second kappa shape index (κ2) is 2.47. The molecular formula is C9H14N2O2. The lowest BCUT2D eigenvalue weighted by atomic mass is 9.93. The second-order valence-corrected chi connectivity index (χ2v) is 4.19. The first kappa shape index (κ1) is 8.53. The summed E-state index contributed by atoms with van der Waals surface area (Å²) < 4.78 is 0. The van der Waals surface area contributed by atoms with Crippen molar-refractivity contribution in [2.75, 3.05) is 13.1 Å². The van der Waals surface area contributed by atoms with Crippen LogP contribution < -0.4 is 0 Å². The van der Waals surface area contributed by atoms with Crippen LogP contribution in [0.4, 0.5) is 0 Å². The van der Waals surface area contributed by atoms with Gasteiger partial charge >= 0.3 is 0 Å². The van der Waals surface area contributed by atoms with E-state index in [1.807, 2.05) is 0 Å². The molecule has 0 aromatic heterocycles. The van der Waals surface area contributed by atoms with Crippen molar-refractivity contribution in [2.45, 2.75) is 26.7 Å². The van der Waals surface area contributed by atoms with Gasteiger partial charge in [0.2, 0.25) is 0 Å². The van der Waals surface area contributed by atoms with E-state index in [0.717, 1.165) is 12.8 Å². The summed E-state index contributed by atoms with van der Waals surface area (Å²) in [6.45, 7) is 4.81. The van der Waals surface area contributed by atoms with E-state index in [-0.39, 0.29) is 11.8 Å². The molecule has 4 heteroatoms. The minimum absolute atomic E-state index is 0.0443. The van der Waals surface area contributed by atoms with Gasteiger partial charge in [-0.25, -0.2) is 0 Å². The third kappa shape index (κ3) is 0.975. The minimum atomic E-state index is -0.829.